The molecule has 0 atom stereocenters. The van der Waals surface area contributed by atoms with E-state index in [0.29, 0.717) is 11.1 Å². The molecule has 3 rings (SSSR count). The molecule has 1 aliphatic heterocycles. The summed E-state index contributed by atoms with van der Waals surface area (Å²) in [5.74, 6) is -2.44. The van der Waals surface area contributed by atoms with Crippen LogP contribution in [0, 0.1) is 13.8 Å². The van der Waals surface area contributed by atoms with E-state index in [0.717, 1.165) is 6.21 Å². The van der Waals surface area contributed by atoms with Gasteiger partial charge in [0.2, 0.25) is 0 Å². The van der Waals surface area contributed by atoms with Crippen molar-refractivity contribution in [1.82, 2.24) is 0 Å². The number of aryl methyl sites for hydroxylation is 1. The first-order valence-corrected chi connectivity index (χ1v) is 8.08. The number of ether oxygens (including phenoxy) is 3. The minimum Gasteiger partial charge on any atom is -0.507 e. The monoisotopic (exact) mass is 387 g/mol. The van der Waals surface area contributed by atoms with Crippen molar-refractivity contribution in [3.63, 3.8) is 0 Å². The molecule has 0 aliphatic carbocycles. The maximum absolute atomic E-state index is 12.8. The molecular formula is C19H17NO8. The van der Waals surface area contributed by atoms with E-state index in [1.54, 1.807) is 13.8 Å². The third-order valence-electron chi connectivity index (χ3n) is 4.27. The molecule has 0 spiro atoms. The third-order valence-corrected chi connectivity index (χ3v) is 4.27. The van der Waals surface area contributed by atoms with Crippen molar-refractivity contribution in [3.05, 3.63) is 39.9 Å². The van der Waals surface area contributed by atoms with Crippen LogP contribution in [0.15, 0.2) is 17.3 Å². The van der Waals surface area contributed by atoms with Gasteiger partial charge in [0.15, 0.2) is 17.2 Å². The molecule has 9 nitrogen and oxygen atoms in total. The number of phenols is 1. The Morgan fingerprint density at radius 3 is 2.46 bits per heavy atom. The lowest BCUT2D eigenvalue weighted by Gasteiger charge is -2.16. The number of fused-ring (bicyclic) bond motifs is 2. The molecular weight excluding hydrogens is 370 g/mol. The number of esters is 1. The van der Waals surface area contributed by atoms with Gasteiger partial charge in [-0.2, -0.15) is 0 Å². The first kappa shape index (κ1) is 19.0. The van der Waals surface area contributed by atoms with E-state index in [2.05, 4.69) is 9.99 Å². The smallest absolute Gasteiger partial charge is 0.347 e. The zero-order chi connectivity index (χ0) is 20.6. The molecule has 0 fully saturated rings. The van der Waals surface area contributed by atoms with Gasteiger partial charge in [-0.3, -0.25) is 0 Å². The largest absolute Gasteiger partial charge is 0.507 e. The van der Waals surface area contributed by atoms with Gasteiger partial charge in [0.1, 0.15) is 29.7 Å². The number of oxime groups is 1. The number of carbonyl (C=O) groups is 2. The fourth-order valence-corrected chi connectivity index (χ4v) is 2.93. The van der Waals surface area contributed by atoms with Crippen LogP contribution >= 0.6 is 0 Å². The van der Waals surface area contributed by atoms with Crippen molar-refractivity contribution < 1.29 is 38.9 Å². The second-order valence-corrected chi connectivity index (χ2v) is 5.95. The number of carbonyl (C=O) groups excluding carboxylic acids is 1. The van der Waals surface area contributed by atoms with E-state index < -0.39 is 11.9 Å². The van der Waals surface area contributed by atoms with Crippen LogP contribution in [0.25, 0.3) is 0 Å². The minimum atomic E-state index is -1.31. The zero-order valence-electron chi connectivity index (χ0n) is 15.5. The Labute approximate surface area is 159 Å². The molecule has 146 valence electrons. The molecule has 0 saturated heterocycles. The Kier molecular flexibility index (Phi) is 4.83. The van der Waals surface area contributed by atoms with Crippen molar-refractivity contribution in [1.29, 1.82) is 0 Å². The number of carboxylic acids is 1. The van der Waals surface area contributed by atoms with Gasteiger partial charge < -0.3 is 29.3 Å². The standard InChI is InChI=1S/C19H17NO8/c1-8-5-12(21)11(7-20-26-4)16-14(8)19(24)28-15-9(2)13(25-3)6-10(18(22)23)17(15)27-16/h5-7,21H,1-4H3,(H,22,23)/b20-7+. The number of hydrogen-bond acceptors (Lipinski definition) is 8. The van der Waals surface area contributed by atoms with Crippen molar-refractivity contribution in [2.75, 3.05) is 14.2 Å². The number of aromatic hydroxyl groups is 1. The first-order chi connectivity index (χ1) is 13.3. The highest BCUT2D eigenvalue weighted by molar-refractivity contribution is 6.03. The van der Waals surface area contributed by atoms with Crippen molar-refractivity contribution in [2.24, 2.45) is 5.16 Å². The lowest BCUT2D eigenvalue weighted by atomic mass is 10.0. The lowest BCUT2D eigenvalue weighted by Crippen LogP contribution is -2.11. The van der Waals surface area contributed by atoms with Crippen molar-refractivity contribution in [3.8, 4) is 28.7 Å². The van der Waals surface area contributed by atoms with Gasteiger partial charge in [0.05, 0.1) is 18.9 Å². The van der Waals surface area contributed by atoms with Gasteiger partial charge in [0.25, 0.3) is 0 Å². The van der Waals surface area contributed by atoms with Crippen LogP contribution in [0.2, 0.25) is 0 Å². The molecule has 0 amide bonds. The van der Waals surface area contributed by atoms with Crippen LogP contribution in [-0.2, 0) is 4.84 Å². The van der Waals surface area contributed by atoms with Gasteiger partial charge >= 0.3 is 11.9 Å². The summed E-state index contributed by atoms with van der Waals surface area (Å²) in [5, 5.41) is 23.5. The Morgan fingerprint density at radius 2 is 1.86 bits per heavy atom. The predicted molar refractivity (Wildman–Crippen MR) is 97.2 cm³/mol. The fraction of sp³-hybridized carbons (Fsp3) is 0.211. The molecule has 0 saturated carbocycles. The zero-order valence-corrected chi connectivity index (χ0v) is 15.5. The molecule has 0 aromatic heterocycles. The Morgan fingerprint density at radius 1 is 1.14 bits per heavy atom. The van der Waals surface area contributed by atoms with E-state index >= 15 is 0 Å². The van der Waals surface area contributed by atoms with Crippen LogP contribution in [0.1, 0.15) is 37.4 Å². The second kappa shape index (κ2) is 7.10. The Balaban J connectivity index is 2.37. The van der Waals surface area contributed by atoms with Gasteiger partial charge in [0, 0.05) is 5.56 Å². The highest BCUT2D eigenvalue weighted by Gasteiger charge is 2.33. The summed E-state index contributed by atoms with van der Waals surface area (Å²) in [5.41, 5.74) is 0.561. The number of hydrogen-bond donors (Lipinski definition) is 2. The average Bonchev–Trinajstić information content (AvgIpc) is 2.78. The average molecular weight is 387 g/mol. The van der Waals surface area contributed by atoms with Gasteiger partial charge in [-0.05, 0) is 31.5 Å². The number of methoxy groups -OCH3 is 1. The summed E-state index contributed by atoms with van der Waals surface area (Å²) in [6.07, 6.45) is 1.16. The fourth-order valence-electron chi connectivity index (χ4n) is 2.93. The summed E-state index contributed by atoms with van der Waals surface area (Å²) < 4.78 is 16.5. The van der Waals surface area contributed by atoms with Gasteiger partial charge in [-0.1, -0.05) is 5.16 Å². The molecule has 1 heterocycles. The topological polar surface area (TPSA) is 124 Å². The molecule has 2 N–H and O–H groups in total. The highest BCUT2D eigenvalue weighted by atomic mass is 16.6. The molecule has 2 aromatic carbocycles. The van der Waals surface area contributed by atoms with Crippen LogP contribution in [0.4, 0.5) is 0 Å². The number of carboxylic acid groups (broad SMARTS) is 1. The minimum absolute atomic E-state index is 0.0289. The first-order valence-electron chi connectivity index (χ1n) is 8.08. The third kappa shape index (κ3) is 2.96. The summed E-state index contributed by atoms with van der Waals surface area (Å²) in [7, 11) is 2.68. The molecule has 1 aliphatic rings. The lowest BCUT2D eigenvalue weighted by molar-refractivity contribution is 0.0685. The SMILES string of the molecule is CO/N=C/c1c(O)cc(C)c2c1Oc1c(C(=O)O)cc(OC)c(C)c1OC2=O. The van der Waals surface area contributed by atoms with Crippen molar-refractivity contribution in [2.45, 2.75) is 13.8 Å². The van der Waals surface area contributed by atoms with Crippen LogP contribution in [0.5, 0.6) is 28.7 Å². The summed E-state index contributed by atoms with van der Waals surface area (Å²) in [6, 6.07) is 2.62. The van der Waals surface area contributed by atoms with E-state index in [-0.39, 0.29) is 45.4 Å². The van der Waals surface area contributed by atoms with E-state index in [1.165, 1.54) is 26.4 Å². The molecule has 0 bridgehead atoms. The Bertz CT molecular complexity index is 1030. The van der Waals surface area contributed by atoms with Crippen LogP contribution in [-0.4, -0.2) is 42.6 Å². The normalized spacial score (nSPS) is 12.5. The van der Waals surface area contributed by atoms with E-state index in [1.807, 2.05) is 0 Å². The summed E-state index contributed by atoms with van der Waals surface area (Å²) in [6.45, 7) is 3.19. The van der Waals surface area contributed by atoms with Gasteiger partial charge in [-0.15, -0.1) is 0 Å². The summed E-state index contributed by atoms with van der Waals surface area (Å²) in [4.78, 5) is 29.2. The maximum Gasteiger partial charge on any atom is 0.347 e. The highest BCUT2D eigenvalue weighted by Crippen LogP contribution is 2.48. The Hall–Kier alpha value is -3.75. The molecule has 28 heavy (non-hydrogen) atoms. The predicted octanol–water partition coefficient (Wildman–Crippen LogP) is 3.02. The van der Waals surface area contributed by atoms with Crippen LogP contribution < -0.4 is 14.2 Å². The van der Waals surface area contributed by atoms with E-state index in [4.69, 9.17) is 14.2 Å². The second-order valence-electron chi connectivity index (χ2n) is 5.95. The number of nitrogens with zero attached hydrogens (tertiary/aromatic N) is 1. The molecule has 0 radical (unpaired) electrons. The van der Waals surface area contributed by atoms with E-state index in [9.17, 15) is 19.8 Å². The maximum atomic E-state index is 12.8. The number of phenolic OH excluding ortho intramolecular Hbond substituents is 1. The summed E-state index contributed by atoms with van der Waals surface area (Å²) >= 11 is 0. The van der Waals surface area contributed by atoms with Crippen molar-refractivity contribution >= 4 is 18.2 Å². The number of rotatable bonds is 4. The molecule has 9 heteroatoms. The number of benzene rings is 2. The molecule has 2 aromatic rings. The van der Waals surface area contributed by atoms with Gasteiger partial charge in [-0.25, -0.2) is 9.59 Å². The van der Waals surface area contributed by atoms with Crippen LogP contribution in [0.3, 0.4) is 0 Å². The number of aromatic carboxylic acids is 1. The molecule has 0 unspecified atom stereocenters. The quantitative estimate of drug-likeness (QED) is 0.355.